The van der Waals surface area contributed by atoms with E-state index in [1.54, 1.807) is 0 Å². The van der Waals surface area contributed by atoms with Crippen LogP contribution in [0.4, 0.5) is 0 Å². The van der Waals surface area contributed by atoms with E-state index >= 15 is 0 Å². The van der Waals surface area contributed by atoms with E-state index in [-0.39, 0.29) is 11.8 Å². The number of carbonyl (C=O) groups is 1. The van der Waals surface area contributed by atoms with Gasteiger partial charge in [0.2, 0.25) is 5.91 Å². The Balaban J connectivity index is 2.62. The third kappa shape index (κ3) is 3.15. The Morgan fingerprint density at radius 3 is 2.94 bits per heavy atom. The van der Waals surface area contributed by atoms with Gasteiger partial charge < -0.3 is 11.1 Å². The normalized spacial score (nSPS) is 31.7. The van der Waals surface area contributed by atoms with Crippen molar-refractivity contribution in [2.45, 2.75) is 45.1 Å². The lowest BCUT2D eigenvalue weighted by Gasteiger charge is -2.44. The molecule has 3 atom stereocenters. The molecule has 0 aliphatic heterocycles. The number of hydrogen-bond acceptors (Lipinski definition) is 3. The second kappa shape index (κ2) is 6.61. The predicted molar refractivity (Wildman–Crippen MR) is 70.7 cm³/mol. The van der Waals surface area contributed by atoms with Crippen LogP contribution in [-0.4, -0.2) is 24.5 Å². The van der Waals surface area contributed by atoms with Crippen LogP contribution in [0.5, 0.6) is 0 Å². The largest absolute Gasteiger partial charge is 0.368 e. The second-order valence-corrected chi connectivity index (χ2v) is 5.23. The van der Waals surface area contributed by atoms with Crippen molar-refractivity contribution in [2.75, 3.05) is 13.1 Å². The summed E-state index contributed by atoms with van der Waals surface area (Å²) in [5.41, 5.74) is 13.2. The average Bonchev–Trinajstić information content (AvgIpc) is 2.34. The van der Waals surface area contributed by atoms with Gasteiger partial charge in [0.15, 0.2) is 0 Å². The van der Waals surface area contributed by atoms with Crippen LogP contribution >= 0.6 is 0 Å². The van der Waals surface area contributed by atoms with Gasteiger partial charge in [-0.3, -0.25) is 4.79 Å². The van der Waals surface area contributed by atoms with Crippen molar-refractivity contribution >= 4 is 5.91 Å². The molecular formula is C12H23N5O. The van der Waals surface area contributed by atoms with E-state index in [4.69, 9.17) is 11.3 Å². The lowest BCUT2D eigenvalue weighted by molar-refractivity contribution is -0.129. The maximum atomic E-state index is 11.8. The molecule has 6 heteroatoms. The molecule has 1 aliphatic rings. The van der Waals surface area contributed by atoms with Gasteiger partial charge in [-0.25, -0.2) is 0 Å². The molecule has 0 radical (unpaired) electrons. The predicted octanol–water partition coefficient (Wildman–Crippen LogP) is 1.96. The minimum atomic E-state index is -0.589. The highest BCUT2D eigenvalue weighted by atomic mass is 16.1. The molecule has 6 nitrogen and oxygen atoms in total. The van der Waals surface area contributed by atoms with Crippen LogP contribution < -0.4 is 11.1 Å². The highest BCUT2D eigenvalue weighted by Gasteiger charge is 2.45. The number of rotatable bonds is 6. The van der Waals surface area contributed by atoms with Gasteiger partial charge in [-0.15, -0.1) is 0 Å². The summed E-state index contributed by atoms with van der Waals surface area (Å²) < 4.78 is 0. The van der Waals surface area contributed by atoms with E-state index in [2.05, 4.69) is 29.2 Å². The van der Waals surface area contributed by atoms with E-state index in [1.165, 1.54) is 0 Å². The first kappa shape index (κ1) is 14.8. The van der Waals surface area contributed by atoms with Crippen LogP contribution in [0.3, 0.4) is 0 Å². The molecule has 1 saturated carbocycles. The molecule has 1 aliphatic carbocycles. The molecule has 0 bridgehead atoms. The summed E-state index contributed by atoms with van der Waals surface area (Å²) in [6.07, 6.45) is 3.70. The third-order valence-electron chi connectivity index (χ3n) is 4.24. The number of nitrogens with one attached hydrogen (secondary N) is 1. The minimum absolute atomic E-state index is 0.239. The molecular weight excluding hydrogens is 230 g/mol. The summed E-state index contributed by atoms with van der Waals surface area (Å²) in [5.74, 6) is 0.476. The van der Waals surface area contributed by atoms with Gasteiger partial charge in [-0.05, 0) is 36.8 Å². The highest BCUT2D eigenvalue weighted by Crippen LogP contribution is 2.37. The Hall–Kier alpha value is -1.26. The Morgan fingerprint density at radius 2 is 2.33 bits per heavy atom. The van der Waals surface area contributed by atoms with Gasteiger partial charge in [-0.2, -0.15) is 0 Å². The zero-order valence-electron chi connectivity index (χ0n) is 11.2. The summed E-state index contributed by atoms with van der Waals surface area (Å²) in [5, 5.41) is 6.80. The molecule has 0 spiro atoms. The molecule has 3 unspecified atom stereocenters. The van der Waals surface area contributed by atoms with E-state index < -0.39 is 5.54 Å². The number of hydrogen-bond donors (Lipinski definition) is 2. The number of primary amides is 1. The molecule has 0 saturated heterocycles. The fourth-order valence-electron chi connectivity index (χ4n) is 2.86. The minimum Gasteiger partial charge on any atom is -0.368 e. The Kier molecular flexibility index (Phi) is 5.44. The van der Waals surface area contributed by atoms with Gasteiger partial charge >= 0.3 is 0 Å². The molecule has 0 aromatic rings. The van der Waals surface area contributed by atoms with Crippen LogP contribution in [-0.2, 0) is 4.79 Å². The number of carbonyl (C=O) groups excluding carboxylic acids is 1. The van der Waals surface area contributed by atoms with Gasteiger partial charge in [0.1, 0.15) is 5.54 Å². The second-order valence-electron chi connectivity index (χ2n) is 5.23. The number of azide groups is 1. The molecule has 0 heterocycles. The smallest absolute Gasteiger partial charge is 0.238 e. The SMILES string of the molecule is CC1CCCC(NCCCN=[N+]=[N-])(C(N)=O)C1C. The quantitative estimate of drug-likeness (QED) is 0.327. The first-order valence-electron chi connectivity index (χ1n) is 6.60. The lowest BCUT2D eigenvalue weighted by atomic mass is 9.68. The van der Waals surface area contributed by atoms with Gasteiger partial charge in [-0.1, -0.05) is 31.8 Å². The van der Waals surface area contributed by atoms with Crippen molar-refractivity contribution in [3.8, 4) is 0 Å². The molecule has 3 N–H and O–H groups in total. The maximum Gasteiger partial charge on any atom is 0.238 e. The van der Waals surface area contributed by atoms with Crippen molar-refractivity contribution in [1.29, 1.82) is 0 Å². The molecule has 0 aromatic heterocycles. The van der Waals surface area contributed by atoms with Crippen LogP contribution in [0.25, 0.3) is 10.4 Å². The zero-order chi connectivity index (χ0) is 13.6. The first-order valence-corrected chi connectivity index (χ1v) is 6.60. The van der Waals surface area contributed by atoms with Crippen molar-refractivity contribution in [1.82, 2.24) is 5.32 Å². The van der Waals surface area contributed by atoms with E-state index in [1.807, 2.05) is 0 Å². The molecule has 1 fully saturated rings. The van der Waals surface area contributed by atoms with Crippen molar-refractivity contribution in [3.05, 3.63) is 10.4 Å². The molecule has 1 rings (SSSR count). The monoisotopic (exact) mass is 253 g/mol. The molecule has 102 valence electrons. The highest BCUT2D eigenvalue weighted by molar-refractivity contribution is 5.85. The summed E-state index contributed by atoms with van der Waals surface area (Å²) >= 11 is 0. The topological polar surface area (TPSA) is 104 Å². The van der Waals surface area contributed by atoms with Crippen LogP contribution in [0.15, 0.2) is 5.11 Å². The Labute approximate surface area is 108 Å². The zero-order valence-corrected chi connectivity index (χ0v) is 11.2. The molecule has 1 amide bonds. The number of nitrogens with zero attached hydrogens (tertiary/aromatic N) is 3. The van der Waals surface area contributed by atoms with Crippen LogP contribution in [0.2, 0.25) is 0 Å². The van der Waals surface area contributed by atoms with E-state index in [0.29, 0.717) is 19.0 Å². The van der Waals surface area contributed by atoms with Gasteiger partial charge in [0, 0.05) is 11.5 Å². The molecule has 0 aromatic carbocycles. The van der Waals surface area contributed by atoms with E-state index in [9.17, 15) is 4.79 Å². The summed E-state index contributed by atoms with van der Waals surface area (Å²) in [6.45, 7) is 5.36. The standard InChI is InChI=1S/C12H23N5O/c1-9-5-3-6-12(10(9)2,11(13)18)15-7-4-8-16-17-14/h9-10,15H,3-8H2,1-2H3,(H2,13,18). The number of amides is 1. The summed E-state index contributed by atoms with van der Waals surface area (Å²) in [4.78, 5) is 14.5. The summed E-state index contributed by atoms with van der Waals surface area (Å²) in [6, 6.07) is 0. The summed E-state index contributed by atoms with van der Waals surface area (Å²) in [7, 11) is 0. The van der Waals surface area contributed by atoms with Gasteiger partial charge in [0.25, 0.3) is 0 Å². The fraction of sp³-hybridized carbons (Fsp3) is 0.917. The first-order chi connectivity index (χ1) is 8.54. The fourth-order valence-corrected chi connectivity index (χ4v) is 2.86. The van der Waals surface area contributed by atoms with Gasteiger partial charge in [0.05, 0.1) is 0 Å². The van der Waals surface area contributed by atoms with Crippen molar-refractivity contribution < 1.29 is 4.79 Å². The molecule has 18 heavy (non-hydrogen) atoms. The van der Waals surface area contributed by atoms with E-state index in [0.717, 1.165) is 25.7 Å². The third-order valence-corrected chi connectivity index (χ3v) is 4.24. The van der Waals surface area contributed by atoms with Crippen LogP contribution in [0.1, 0.15) is 39.5 Å². The lowest BCUT2D eigenvalue weighted by Crippen LogP contribution is -2.62. The Morgan fingerprint density at radius 1 is 1.61 bits per heavy atom. The average molecular weight is 253 g/mol. The Bertz CT molecular complexity index is 339. The number of nitrogens with two attached hydrogens (primary N) is 1. The van der Waals surface area contributed by atoms with Crippen molar-refractivity contribution in [2.24, 2.45) is 22.7 Å². The maximum absolute atomic E-state index is 11.8. The van der Waals surface area contributed by atoms with Crippen LogP contribution in [0, 0.1) is 11.8 Å². The van der Waals surface area contributed by atoms with Crippen molar-refractivity contribution in [3.63, 3.8) is 0 Å².